The number of hydrogen-bond donors (Lipinski definition) is 1. The molecule has 0 radical (unpaired) electrons. The fraction of sp³-hybridized carbons (Fsp3) is 0.111. The van der Waals surface area contributed by atoms with E-state index in [2.05, 4.69) is 10.3 Å². The first-order valence-electron chi connectivity index (χ1n) is 7.21. The van der Waals surface area contributed by atoms with Gasteiger partial charge >= 0.3 is 0 Å². The fourth-order valence-electron chi connectivity index (χ4n) is 2.43. The minimum absolute atomic E-state index is 0.184. The van der Waals surface area contributed by atoms with Crippen molar-refractivity contribution >= 4 is 17.8 Å². The van der Waals surface area contributed by atoms with Crippen molar-refractivity contribution in [3.63, 3.8) is 0 Å². The molecule has 5 nitrogen and oxygen atoms in total. The molecule has 122 valence electrons. The Morgan fingerprint density at radius 2 is 1.75 bits per heavy atom. The van der Waals surface area contributed by atoms with Crippen LogP contribution in [0.4, 0.5) is 4.39 Å². The number of rotatable bonds is 4. The Hall–Kier alpha value is -3.15. The van der Waals surface area contributed by atoms with Gasteiger partial charge in [-0.05, 0) is 35.9 Å². The second-order valence-corrected chi connectivity index (χ2v) is 5.04. The summed E-state index contributed by atoms with van der Waals surface area (Å²) in [5.41, 5.74) is 1.29. The molecule has 1 N–H and O–H groups in total. The van der Waals surface area contributed by atoms with Gasteiger partial charge in [0.15, 0.2) is 0 Å². The highest BCUT2D eigenvalue weighted by Crippen LogP contribution is 2.30. The van der Waals surface area contributed by atoms with Crippen LogP contribution in [0.3, 0.4) is 0 Å². The molecule has 6 heteroatoms. The van der Waals surface area contributed by atoms with Crippen LogP contribution in [0.25, 0.3) is 6.08 Å². The van der Waals surface area contributed by atoms with E-state index in [4.69, 9.17) is 9.47 Å². The van der Waals surface area contributed by atoms with Crippen LogP contribution in [-0.2, 0) is 4.79 Å². The Balaban J connectivity index is 2.04. The van der Waals surface area contributed by atoms with Crippen LogP contribution >= 0.6 is 0 Å². The summed E-state index contributed by atoms with van der Waals surface area (Å²) in [6, 6.07) is 11.2. The molecule has 1 aliphatic rings. The normalized spacial score (nSPS) is 15.2. The van der Waals surface area contributed by atoms with E-state index in [1.165, 1.54) is 32.4 Å². The van der Waals surface area contributed by atoms with Crippen LogP contribution in [0.2, 0.25) is 0 Å². The van der Waals surface area contributed by atoms with Gasteiger partial charge in [-0.1, -0.05) is 18.2 Å². The zero-order valence-corrected chi connectivity index (χ0v) is 13.2. The molecule has 1 amide bonds. The molecular weight excluding hydrogens is 311 g/mol. The molecule has 1 aliphatic heterocycles. The van der Waals surface area contributed by atoms with Crippen LogP contribution in [0.1, 0.15) is 11.1 Å². The van der Waals surface area contributed by atoms with E-state index in [0.29, 0.717) is 28.5 Å². The van der Waals surface area contributed by atoms with Gasteiger partial charge in [0.05, 0.1) is 14.2 Å². The van der Waals surface area contributed by atoms with Gasteiger partial charge in [-0.15, -0.1) is 0 Å². The number of ether oxygens (including phenoxy) is 2. The van der Waals surface area contributed by atoms with Crippen molar-refractivity contribution in [2.45, 2.75) is 0 Å². The molecule has 24 heavy (non-hydrogen) atoms. The molecule has 2 aromatic rings. The number of amides is 1. The Kier molecular flexibility index (Phi) is 4.29. The zero-order chi connectivity index (χ0) is 17.1. The molecule has 0 unspecified atom stereocenters. The molecule has 0 bridgehead atoms. The lowest BCUT2D eigenvalue weighted by atomic mass is 10.1. The van der Waals surface area contributed by atoms with E-state index in [-0.39, 0.29) is 17.4 Å². The van der Waals surface area contributed by atoms with E-state index in [1.54, 1.807) is 30.3 Å². The van der Waals surface area contributed by atoms with E-state index < -0.39 is 0 Å². The van der Waals surface area contributed by atoms with Gasteiger partial charge in [0.1, 0.15) is 34.4 Å². The number of carbonyl (C=O) groups is 1. The number of carbonyl (C=O) groups excluding carboxylic acids is 1. The third-order valence-electron chi connectivity index (χ3n) is 3.51. The van der Waals surface area contributed by atoms with E-state index in [9.17, 15) is 9.18 Å². The van der Waals surface area contributed by atoms with Gasteiger partial charge in [0, 0.05) is 0 Å². The summed E-state index contributed by atoms with van der Waals surface area (Å²) in [5.74, 6) is 0.637. The van der Waals surface area contributed by atoms with Crippen LogP contribution in [0, 0.1) is 5.82 Å². The summed E-state index contributed by atoms with van der Waals surface area (Å²) in [7, 11) is 3.05. The van der Waals surface area contributed by atoms with Crippen molar-refractivity contribution in [1.82, 2.24) is 5.32 Å². The largest absolute Gasteiger partial charge is 0.496 e. The molecule has 0 aliphatic carbocycles. The highest BCUT2D eigenvalue weighted by molar-refractivity contribution is 6.21. The molecule has 0 atom stereocenters. The van der Waals surface area contributed by atoms with Gasteiger partial charge in [-0.3, -0.25) is 4.79 Å². The predicted octanol–water partition coefficient (Wildman–Crippen LogP) is 2.76. The SMILES string of the molecule is COc1cccc(OC)c1C1=N/C(=C/c2cccc(F)c2)C(=O)N1. The number of hydrogen-bond acceptors (Lipinski definition) is 4. The summed E-state index contributed by atoms with van der Waals surface area (Å²) in [4.78, 5) is 16.5. The summed E-state index contributed by atoms with van der Waals surface area (Å²) in [6.07, 6.45) is 1.52. The number of aliphatic imine (C=N–C) groups is 1. The molecule has 2 aromatic carbocycles. The lowest BCUT2D eigenvalue weighted by Gasteiger charge is -2.12. The molecule has 0 aromatic heterocycles. The maximum absolute atomic E-state index is 13.3. The van der Waals surface area contributed by atoms with Crippen molar-refractivity contribution in [2.24, 2.45) is 4.99 Å². The van der Waals surface area contributed by atoms with Gasteiger partial charge < -0.3 is 14.8 Å². The fourth-order valence-corrected chi connectivity index (χ4v) is 2.43. The summed E-state index contributed by atoms with van der Waals surface area (Å²) >= 11 is 0. The van der Waals surface area contributed by atoms with Crippen LogP contribution in [0.15, 0.2) is 53.2 Å². The predicted molar refractivity (Wildman–Crippen MR) is 88.6 cm³/mol. The van der Waals surface area contributed by atoms with Gasteiger partial charge in [0.2, 0.25) is 0 Å². The molecule has 1 heterocycles. The van der Waals surface area contributed by atoms with E-state index in [0.717, 1.165) is 0 Å². The molecule has 0 fully saturated rings. The number of nitrogens with zero attached hydrogens (tertiary/aromatic N) is 1. The van der Waals surface area contributed by atoms with E-state index in [1.807, 2.05) is 0 Å². The number of halogens is 1. The number of benzene rings is 2. The molecule has 3 rings (SSSR count). The van der Waals surface area contributed by atoms with Crippen LogP contribution in [0.5, 0.6) is 11.5 Å². The van der Waals surface area contributed by atoms with Crippen molar-refractivity contribution in [3.05, 3.63) is 65.1 Å². The zero-order valence-electron chi connectivity index (χ0n) is 13.2. The highest BCUT2D eigenvalue weighted by Gasteiger charge is 2.26. The molecular formula is C18H15FN2O3. The Bertz CT molecular complexity index is 837. The second kappa shape index (κ2) is 6.54. The maximum atomic E-state index is 13.3. The standard InChI is InChI=1S/C18H15FN2O3/c1-23-14-7-4-8-15(24-2)16(14)17-20-13(18(22)21-17)10-11-5-3-6-12(19)9-11/h3-10H,1-2H3,(H,20,21,22)/b13-10+. The minimum atomic E-state index is -0.377. The first kappa shape index (κ1) is 15.7. The van der Waals surface area contributed by atoms with Gasteiger partial charge in [0.25, 0.3) is 5.91 Å². The van der Waals surface area contributed by atoms with Crippen molar-refractivity contribution in [3.8, 4) is 11.5 Å². The summed E-state index contributed by atoms with van der Waals surface area (Å²) in [6.45, 7) is 0. The number of methoxy groups -OCH3 is 2. The summed E-state index contributed by atoms with van der Waals surface area (Å²) in [5, 5.41) is 2.69. The lowest BCUT2D eigenvalue weighted by Crippen LogP contribution is -2.25. The van der Waals surface area contributed by atoms with Crippen molar-refractivity contribution < 1.29 is 18.7 Å². The lowest BCUT2D eigenvalue weighted by molar-refractivity contribution is -0.115. The first-order chi connectivity index (χ1) is 11.6. The third kappa shape index (κ3) is 2.99. The van der Waals surface area contributed by atoms with Crippen LogP contribution < -0.4 is 14.8 Å². The topological polar surface area (TPSA) is 59.9 Å². The van der Waals surface area contributed by atoms with E-state index >= 15 is 0 Å². The summed E-state index contributed by atoms with van der Waals surface area (Å²) < 4.78 is 23.9. The average molecular weight is 326 g/mol. The number of amidine groups is 1. The molecule has 0 spiro atoms. The molecule has 0 saturated carbocycles. The monoisotopic (exact) mass is 326 g/mol. The smallest absolute Gasteiger partial charge is 0.275 e. The Morgan fingerprint density at radius 3 is 2.38 bits per heavy atom. The average Bonchev–Trinajstić information content (AvgIpc) is 2.94. The Morgan fingerprint density at radius 1 is 1.08 bits per heavy atom. The second-order valence-electron chi connectivity index (χ2n) is 5.04. The van der Waals surface area contributed by atoms with Gasteiger partial charge in [-0.25, -0.2) is 9.38 Å². The van der Waals surface area contributed by atoms with Crippen molar-refractivity contribution in [2.75, 3.05) is 14.2 Å². The quantitative estimate of drug-likeness (QED) is 0.879. The minimum Gasteiger partial charge on any atom is -0.496 e. The highest BCUT2D eigenvalue weighted by atomic mass is 19.1. The molecule has 0 saturated heterocycles. The first-order valence-corrected chi connectivity index (χ1v) is 7.21. The van der Waals surface area contributed by atoms with Crippen LogP contribution in [-0.4, -0.2) is 26.0 Å². The van der Waals surface area contributed by atoms with Crippen molar-refractivity contribution in [1.29, 1.82) is 0 Å². The third-order valence-corrected chi connectivity index (χ3v) is 3.51. The maximum Gasteiger partial charge on any atom is 0.275 e. The number of nitrogens with one attached hydrogen (secondary N) is 1. The Labute approximate surface area is 138 Å². The van der Waals surface area contributed by atoms with Gasteiger partial charge in [-0.2, -0.15) is 0 Å².